The number of halogens is 1. The molecule has 0 atom stereocenters. The maximum atomic E-state index is 6.19. The molecule has 1 aliphatic rings. The minimum absolute atomic E-state index is 0.0701. The van der Waals surface area contributed by atoms with E-state index in [4.69, 9.17) is 17.3 Å². The van der Waals surface area contributed by atoms with E-state index in [1.54, 1.807) is 6.33 Å². The molecule has 0 unspecified atom stereocenters. The highest BCUT2D eigenvalue weighted by atomic mass is 35.5. The zero-order chi connectivity index (χ0) is 10.9. The van der Waals surface area contributed by atoms with E-state index >= 15 is 0 Å². The van der Waals surface area contributed by atoms with Gasteiger partial charge in [-0.25, -0.2) is 9.97 Å². The van der Waals surface area contributed by atoms with Gasteiger partial charge in [0.2, 0.25) is 0 Å². The Balaban J connectivity index is 2.07. The fourth-order valence-electron chi connectivity index (χ4n) is 1.65. The highest BCUT2D eigenvalue weighted by Gasteiger charge is 2.37. The molecule has 1 aromatic heterocycles. The van der Waals surface area contributed by atoms with Crippen molar-refractivity contribution in [1.82, 2.24) is 9.97 Å². The third-order valence-electron chi connectivity index (χ3n) is 3.02. The predicted molar refractivity (Wildman–Crippen MR) is 60.9 cm³/mol. The Bertz CT molecular complexity index is 361. The maximum Gasteiger partial charge on any atom is 0.116 e. The van der Waals surface area contributed by atoms with Crippen LogP contribution in [0.3, 0.4) is 0 Å². The van der Waals surface area contributed by atoms with Crippen LogP contribution in [0.4, 0.5) is 0 Å². The second kappa shape index (κ2) is 4.06. The summed E-state index contributed by atoms with van der Waals surface area (Å²) in [5.41, 5.74) is 7.98. The number of nitrogens with zero attached hydrogens (tertiary/aromatic N) is 2. The first-order valence-electron chi connectivity index (χ1n) is 5.42. The maximum absolute atomic E-state index is 6.19. The Morgan fingerprint density at radius 2 is 2.07 bits per heavy atom. The van der Waals surface area contributed by atoms with E-state index in [9.17, 15) is 0 Å². The predicted octanol–water partition coefficient (Wildman–Crippen LogP) is 2.12. The standard InChI is InChI=1S/C11H16ClN3/c1-2-8-10(12)9(15-7-14-8)3-4-11(13)5-6-11/h7H,2-6,13H2,1H3. The van der Waals surface area contributed by atoms with Crippen molar-refractivity contribution < 1.29 is 0 Å². The van der Waals surface area contributed by atoms with Crippen LogP contribution < -0.4 is 5.73 Å². The highest BCUT2D eigenvalue weighted by molar-refractivity contribution is 6.31. The molecule has 0 radical (unpaired) electrons. The first kappa shape index (κ1) is 10.8. The summed E-state index contributed by atoms with van der Waals surface area (Å²) in [6.45, 7) is 2.04. The Labute approximate surface area is 95.1 Å². The van der Waals surface area contributed by atoms with Crippen LogP contribution in [0.25, 0.3) is 0 Å². The minimum atomic E-state index is 0.0701. The van der Waals surface area contributed by atoms with E-state index in [0.717, 1.165) is 48.5 Å². The normalized spacial score (nSPS) is 17.8. The molecule has 82 valence electrons. The molecule has 15 heavy (non-hydrogen) atoms. The monoisotopic (exact) mass is 225 g/mol. The molecule has 1 heterocycles. The summed E-state index contributed by atoms with van der Waals surface area (Å²) in [5, 5.41) is 0.726. The van der Waals surface area contributed by atoms with Crippen LogP contribution in [0, 0.1) is 0 Å². The molecule has 0 aliphatic heterocycles. The van der Waals surface area contributed by atoms with E-state index in [-0.39, 0.29) is 5.54 Å². The third kappa shape index (κ3) is 2.47. The fourth-order valence-corrected chi connectivity index (χ4v) is 1.97. The van der Waals surface area contributed by atoms with Gasteiger partial charge >= 0.3 is 0 Å². The van der Waals surface area contributed by atoms with Crippen molar-refractivity contribution in [2.45, 2.75) is 44.6 Å². The van der Waals surface area contributed by atoms with E-state index in [1.165, 1.54) is 0 Å². The summed E-state index contributed by atoms with van der Waals surface area (Å²) in [4.78, 5) is 8.36. The van der Waals surface area contributed by atoms with Crippen molar-refractivity contribution in [3.63, 3.8) is 0 Å². The summed E-state index contributed by atoms with van der Waals surface area (Å²) in [6, 6.07) is 0. The first-order valence-corrected chi connectivity index (χ1v) is 5.79. The zero-order valence-electron chi connectivity index (χ0n) is 8.96. The summed E-state index contributed by atoms with van der Waals surface area (Å²) < 4.78 is 0. The van der Waals surface area contributed by atoms with Gasteiger partial charge in [0.05, 0.1) is 16.4 Å². The third-order valence-corrected chi connectivity index (χ3v) is 3.46. The van der Waals surface area contributed by atoms with Crippen LogP contribution in [-0.2, 0) is 12.8 Å². The van der Waals surface area contributed by atoms with Gasteiger partial charge in [0.25, 0.3) is 0 Å². The molecule has 1 saturated carbocycles. The largest absolute Gasteiger partial charge is 0.325 e. The van der Waals surface area contributed by atoms with Gasteiger partial charge in [0.1, 0.15) is 6.33 Å². The van der Waals surface area contributed by atoms with Crippen molar-refractivity contribution in [3.05, 3.63) is 22.7 Å². The number of nitrogens with two attached hydrogens (primary N) is 1. The Morgan fingerprint density at radius 3 is 2.67 bits per heavy atom. The van der Waals surface area contributed by atoms with Gasteiger partial charge in [-0.3, -0.25) is 0 Å². The van der Waals surface area contributed by atoms with Crippen LogP contribution in [0.1, 0.15) is 37.6 Å². The van der Waals surface area contributed by atoms with Gasteiger partial charge in [-0.15, -0.1) is 0 Å². The molecule has 0 saturated heterocycles. The van der Waals surface area contributed by atoms with Gasteiger partial charge in [-0.1, -0.05) is 18.5 Å². The van der Waals surface area contributed by atoms with E-state index in [1.807, 2.05) is 6.92 Å². The van der Waals surface area contributed by atoms with E-state index < -0.39 is 0 Å². The SMILES string of the molecule is CCc1ncnc(CCC2(N)CC2)c1Cl. The molecule has 0 spiro atoms. The molecule has 2 rings (SSSR count). The van der Waals surface area contributed by atoms with E-state index in [2.05, 4.69) is 9.97 Å². The van der Waals surface area contributed by atoms with Gasteiger partial charge in [0.15, 0.2) is 0 Å². The average Bonchev–Trinajstić information content (AvgIpc) is 2.96. The average molecular weight is 226 g/mol. The first-order chi connectivity index (χ1) is 7.14. The Kier molecular flexibility index (Phi) is 2.94. The number of aromatic nitrogens is 2. The summed E-state index contributed by atoms with van der Waals surface area (Å²) in [6.07, 6.45) is 6.56. The van der Waals surface area contributed by atoms with Gasteiger partial charge < -0.3 is 5.73 Å². The number of hydrogen-bond donors (Lipinski definition) is 1. The number of aryl methyl sites for hydroxylation is 2. The topological polar surface area (TPSA) is 51.8 Å². The van der Waals surface area contributed by atoms with Crippen LogP contribution in [-0.4, -0.2) is 15.5 Å². The lowest BCUT2D eigenvalue weighted by Gasteiger charge is -2.09. The lowest BCUT2D eigenvalue weighted by atomic mass is 10.1. The minimum Gasteiger partial charge on any atom is -0.325 e. The summed E-state index contributed by atoms with van der Waals surface area (Å²) in [7, 11) is 0. The lowest BCUT2D eigenvalue weighted by molar-refractivity contribution is 0.602. The molecular weight excluding hydrogens is 210 g/mol. The van der Waals surface area contributed by atoms with Crippen LogP contribution in [0.15, 0.2) is 6.33 Å². The second-order valence-electron chi connectivity index (χ2n) is 4.30. The van der Waals surface area contributed by atoms with Gasteiger partial charge in [-0.2, -0.15) is 0 Å². The molecule has 0 aromatic carbocycles. The molecular formula is C11H16ClN3. The van der Waals surface area contributed by atoms with Crippen molar-refractivity contribution >= 4 is 11.6 Å². The number of rotatable bonds is 4. The second-order valence-corrected chi connectivity index (χ2v) is 4.67. The molecule has 1 aromatic rings. The van der Waals surface area contributed by atoms with E-state index in [0.29, 0.717) is 0 Å². The number of hydrogen-bond acceptors (Lipinski definition) is 3. The van der Waals surface area contributed by atoms with Gasteiger partial charge in [-0.05, 0) is 32.1 Å². The van der Waals surface area contributed by atoms with Crippen molar-refractivity contribution in [2.24, 2.45) is 5.73 Å². The molecule has 0 bridgehead atoms. The van der Waals surface area contributed by atoms with Crippen LogP contribution in [0.2, 0.25) is 5.02 Å². The molecule has 3 nitrogen and oxygen atoms in total. The summed E-state index contributed by atoms with van der Waals surface area (Å²) >= 11 is 6.19. The smallest absolute Gasteiger partial charge is 0.116 e. The Morgan fingerprint density at radius 1 is 1.40 bits per heavy atom. The fraction of sp³-hybridized carbons (Fsp3) is 0.636. The zero-order valence-corrected chi connectivity index (χ0v) is 9.72. The quantitative estimate of drug-likeness (QED) is 0.854. The van der Waals surface area contributed by atoms with Crippen LogP contribution in [0.5, 0.6) is 0 Å². The molecule has 1 aliphatic carbocycles. The van der Waals surface area contributed by atoms with Gasteiger partial charge in [0, 0.05) is 5.54 Å². The molecule has 2 N–H and O–H groups in total. The van der Waals surface area contributed by atoms with Crippen molar-refractivity contribution in [3.8, 4) is 0 Å². The molecule has 4 heteroatoms. The molecule has 0 amide bonds. The summed E-state index contributed by atoms with van der Waals surface area (Å²) in [5.74, 6) is 0. The highest BCUT2D eigenvalue weighted by Crippen LogP contribution is 2.37. The van der Waals surface area contributed by atoms with Crippen molar-refractivity contribution in [1.29, 1.82) is 0 Å². The lowest BCUT2D eigenvalue weighted by Crippen LogP contribution is -2.22. The van der Waals surface area contributed by atoms with Crippen LogP contribution >= 0.6 is 11.6 Å². The Hall–Kier alpha value is -0.670. The van der Waals surface area contributed by atoms with Crippen molar-refractivity contribution in [2.75, 3.05) is 0 Å². The molecule has 1 fully saturated rings.